The van der Waals surface area contributed by atoms with E-state index in [2.05, 4.69) is 18.1 Å². The van der Waals surface area contributed by atoms with Gasteiger partial charge in [0.15, 0.2) is 5.16 Å². The largest absolute Gasteiger partial charge is 0.390 e. The second-order valence-electron chi connectivity index (χ2n) is 5.57. The van der Waals surface area contributed by atoms with Gasteiger partial charge in [0, 0.05) is 19.6 Å². The van der Waals surface area contributed by atoms with E-state index in [-0.39, 0.29) is 24.1 Å². The maximum Gasteiger partial charge on any atom is 0.233 e. The molecule has 2 rings (SSSR count). The highest BCUT2D eigenvalue weighted by atomic mass is 32.2. The summed E-state index contributed by atoms with van der Waals surface area (Å²) in [5, 5.41) is 10.2. The minimum absolute atomic E-state index is 0.0447. The van der Waals surface area contributed by atoms with Gasteiger partial charge in [-0.05, 0) is 17.7 Å². The van der Waals surface area contributed by atoms with Gasteiger partial charge in [0.1, 0.15) is 5.82 Å². The zero-order valence-corrected chi connectivity index (χ0v) is 15.3. The number of amides is 1. The summed E-state index contributed by atoms with van der Waals surface area (Å²) in [5.74, 6) is -0.129. The predicted octanol–water partition coefficient (Wildman–Crippen LogP) is 2.86. The molecule has 0 saturated carbocycles. The second kappa shape index (κ2) is 9.94. The lowest BCUT2D eigenvalue weighted by Crippen LogP contribution is -2.32. The average Bonchev–Trinajstić information content (AvgIpc) is 3.03. The van der Waals surface area contributed by atoms with Crippen LogP contribution in [-0.4, -0.2) is 44.3 Å². The van der Waals surface area contributed by atoms with Crippen LogP contribution in [0.5, 0.6) is 0 Å². The number of carbonyl (C=O) groups is 1. The van der Waals surface area contributed by atoms with Gasteiger partial charge >= 0.3 is 0 Å². The third kappa shape index (κ3) is 5.31. The fraction of sp³-hybridized carbons (Fsp3) is 0.263. The molecule has 2 aromatic rings. The summed E-state index contributed by atoms with van der Waals surface area (Å²) in [6, 6.07) is 6.16. The number of carbonyl (C=O) groups excluding carboxylic acids is 1. The van der Waals surface area contributed by atoms with Crippen LogP contribution in [0.3, 0.4) is 0 Å². The van der Waals surface area contributed by atoms with Crippen LogP contribution in [0.15, 0.2) is 60.9 Å². The first kappa shape index (κ1) is 19.9. The first-order valence-electron chi connectivity index (χ1n) is 8.11. The molecule has 0 aliphatic carbocycles. The van der Waals surface area contributed by atoms with E-state index in [1.54, 1.807) is 35.4 Å². The molecule has 0 bridgehead atoms. The molecule has 0 atom stereocenters. The number of benzene rings is 1. The summed E-state index contributed by atoms with van der Waals surface area (Å²) >= 11 is 1.30. The summed E-state index contributed by atoms with van der Waals surface area (Å²) in [4.78, 5) is 18.3. The molecule has 1 aromatic carbocycles. The van der Waals surface area contributed by atoms with E-state index < -0.39 is 0 Å². The Morgan fingerprint density at radius 1 is 1.27 bits per heavy atom. The minimum atomic E-state index is -0.300. The van der Waals surface area contributed by atoms with Crippen LogP contribution in [0, 0.1) is 5.82 Å². The highest BCUT2D eigenvalue weighted by Gasteiger charge is 2.15. The molecular formula is C19H22FN3O2S. The van der Waals surface area contributed by atoms with Crippen LogP contribution in [-0.2, 0) is 17.9 Å². The van der Waals surface area contributed by atoms with Crippen LogP contribution in [0.25, 0.3) is 0 Å². The fourth-order valence-corrected chi connectivity index (χ4v) is 3.28. The molecule has 5 nitrogen and oxygen atoms in total. The smallest absolute Gasteiger partial charge is 0.233 e. The molecular weight excluding hydrogens is 353 g/mol. The van der Waals surface area contributed by atoms with Gasteiger partial charge in [0.2, 0.25) is 5.91 Å². The Bertz CT molecular complexity index is 749. The maximum absolute atomic E-state index is 13.1. The Morgan fingerprint density at radius 2 is 1.92 bits per heavy atom. The van der Waals surface area contributed by atoms with Gasteiger partial charge in [-0.3, -0.25) is 4.79 Å². The summed E-state index contributed by atoms with van der Waals surface area (Å²) < 4.78 is 14.9. The molecule has 26 heavy (non-hydrogen) atoms. The van der Waals surface area contributed by atoms with Crippen molar-refractivity contribution in [3.05, 3.63) is 72.8 Å². The lowest BCUT2D eigenvalue weighted by molar-refractivity contribution is -0.127. The van der Waals surface area contributed by atoms with E-state index in [1.807, 2.05) is 4.57 Å². The zero-order chi connectivity index (χ0) is 18.9. The molecule has 1 heterocycles. The Kier molecular flexibility index (Phi) is 7.62. The molecule has 0 saturated heterocycles. The number of hydrogen-bond donors (Lipinski definition) is 1. The summed E-state index contributed by atoms with van der Waals surface area (Å²) in [5.41, 5.74) is 1.52. The number of aliphatic hydroxyl groups excluding tert-OH is 1. The van der Waals surface area contributed by atoms with Gasteiger partial charge in [0.25, 0.3) is 0 Å². The van der Waals surface area contributed by atoms with E-state index in [0.29, 0.717) is 30.5 Å². The van der Waals surface area contributed by atoms with Crippen molar-refractivity contribution < 1.29 is 14.3 Å². The molecule has 1 aromatic heterocycles. The molecule has 0 aliphatic rings. The van der Waals surface area contributed by atoms with Gasteiger partial charge in [-0.15, -0.1) is 13.2 Å². The summed E-state index contributed by atoms with van der Waals surface area (Å²) in [6.45, 7) is 8.50. The van der Waals surface area contributed by atoms with Gasteiger partial charge in [-0.2, -0.15) is 0 Å². The normalized spacial score (nSPS) is 10.5. The second-order valence-corrected chi connectivity index (χ2v) is 6.51. The molecule has 1 N–H and O–H groups in total. The number of hydrogen-bond acceptors (Lipinski definition) is 4. The molecule has 0 fully saturated rings. The minimum Gasteiger partial charge on any atom is -0.390 e. The van der Waals surface area contributed by atoms with Crippen molar-refractivity contribution in [2.24, 2.45) is 0 Å². The van der Waals surface area contributed by atoms with Crippen LogP contribution < -0.4 is 0 Å². The van der Waals surface area contributed by atoms with E-state index in [9.17, 15) is 14.3 Å². The first-order valence-corrected chi connectivity index (χ1v) is 9.09. The molecule has 0 radical (unpaired) electrons. The first-order chi connectivity index (χ1) is 12.6. The van der Waals surface area contributed by atoms with Crippen LogP contribution in [0.4, 0.5) is 4.39 Å². The summed E-state index contributed by atoms with van der Waals surface area (Å²) in [7, 11) is 0. The van der Waals surface area contributed by atoms with Crippen molar-refractivity contribution in [2.75, 3.05) is 18.8 Å². The van der Waals surface area contributed by atoms with Crippen LogP contribution in [0.2, 0.25) is 0 Å². The zero-order valence-electron chi connectivity index (χ0n) is 14.5. The third-order valence-electron chi connectivity index (χ3n) is 3.69. The number of imidazole rings is 1. The monoisotopic (exact) mass is 375 g/mol. The number of rotatable bonds is 10. The Hall–Kier alpha value is -2.38. The van der Waals surface area contributed by atoms with Crippen molar-refractivity contribution >= 4 is 17.7 Å². The highest BCUT2D eigenvalue weighted by molar-refractivity contribution is 7.99. The molecule has 0 spiro atoms. The molecule has 0 unspecified atom stereocenters. The number of aliphatic hydroxyl groups is 1. The van der Waals surface area contributed by atoms with E-state index in [1.165, 1.54) is 23.9 Å². The van der Waals surface area contributed by atoms with Crippen molar-refractivity contribution in [1.82, 2.24) is 14.5 Å². The van der Waals surface area contributed by atoms with Crippen molar-refractivity contribution in [3.8, 4) is 0 Å². The van der Waals surface area contributed by atoms with Gasteiger partial charge in [0.05, 0.1) is 24.3 Å². The molecule has 138 valence electrons. The predicted molar refractivity (Wildman–Crippen MR) is 101 cm³/mol. The quantitative estimate of drug-likeness (QED) is 0.512. The standard InChI is InChI=1S/C19H22FN3O2S/c1-3-9-22(10-4-2)18(25)14-26-19-21-11-17(13-24)23(19)12-15-5-7-16(20)8-6-15/h3-8,11,24H,1-2,9-10,12-14H2. The molecule has 1 amide bonds. The number of thioether (sulfide) groups is 1. The Morgan fingerprint density at radius 3 is 2.50 bits per heavy atom. The topological polar surface area (TPSA) is 58.4 Å². The van der Waals surface area contributed by atoms with Gasteiger partial charge < -0.3 is 14.6 Å². The number of nitrogens with zero attached hydrogens (tertiary/aromatic N) is 3. The maximum atomic E-state index is 13.1. The van der Waals surface area contributed by atoms with Gasteiger partial charge in [-0.1, -0.05) is 36.0 Å². The van der Waals surface area contributed by atoms with Crippen molar-refractivity contribution in [3.63, 3.8) is 0 Å². The average molecular weight is 375 g/mol. The third-order valence-corrected chi connectivity index (χ3v) is 4.67. The highest BCUT2D eigenvalue weighted by Crippen LogP contribution is 2.21. The Labute approximate surface area is 156 Å². The lowest BCUT2D eigenvalue weighted by Gasteiger charge is -2.19. The van der Waals surface area contributed by atoms with Crippen LogP contribution in [0.1, 0.15) is 11.3 Å². The molecule has 0 aliphatic heterocycles. The van der Waals surface area contributed by atoms with Crippen molar-refractivity contribution in [1.29, 1.82) is 0 Å². The Balaban J connectivity index is 2.10. The van der Waals surface area contributed by atoms with E-state index in [4.69, 9.17) is 0 Å². The van der Waals surface area contributed by atoms with E-state index >= 15 is 0 Å². The van der Waals surface area contributed by atoms with E-state index in [0.717, 1.165) is 5.56 Å². The van der Waals surface area contributed by atoms with Crippen molar-refractivity contribution in [2.45, 2.75) is 18.3 Å². The summed E-state index contributed by atoms with van der Waals surface area (Å²) in [6.07, 6.45) is 4.93. The van der Waals surface area contributed by atoms with Gasteiger partial charge in [-0.25, -0.2) is 9.37 Å². The lowest BCUT2D eigenvalue weighted by atomic mass is 10.2. The fourth-order valence-electron chi connectivity index (χ4n) is 2.38. The SMILES string of the molecule is C=CCN(CC=C)C(=O)CSc1ncc(CO)n1Cc1ccc(F)cc1. The number of aromatic nitrogens is 2. The number of halogens is 1. The molecule has 7 heteroatoms. The van der Waals surface area contributed by atoms with Crippen LogP contribution >= 0.6 is 11.8 Å².